The molecule has 0 unspecified atom stereocenters. The van der Waals surface area contributed by atoms with Crippen LogP contribution in [0.2, 0.25) is 0 Å². The van der Waals surface area contributed by atoms with Crippen LogP contribution in [-0.2, 0) is 0 Å². The zero-order valence-electron chi connectivity index (χ0n) is 17.6. The molecule has 0 saturated heterocycles. The van der Waals surface area contributed by atoms with Crippen LogP contribution in [0.15, 0.2) is 47.6 Å². The van der Waals surface area contributed by atoms with Crippen molar-refractivity contribution < 1.29 is 9.47 Å². The van der Waals surface area contributed by atoms with Crippen molar-refractivity contribution in [2.24, 2.45) is 5.10 Å². The summed E-state index contributed by atoms with van der Waals surface area (Å²) >= 11 is 10.6. The van der Waals surface area contributed by atoms with Gasteiger partial charge in [-0.3, -0.25) is 4.79 Å². The van der Waals surface area contributed by atoms with Crippen LogP contribution in [-0.4, -0.2) is 29.1 Å². The fourth-order valence-electron chi connectivity index (χ4n) is 3.01. The molecule has 0 aliphatic rings. The van der Waals surface area contributed by atoms with E-state index in [1.54, 1.807) is 12.3 Å². The summed E-state index contributed by atoms with van der Waals surface area (Å²) in [5.41, 5.74) is 1.15. The highest BCUT2D eigenvalue weighted by molar-refractivity contribution is 9.13. The first-order chi connectivity index (χ1) is 14.8. The molecule has 0 fully saturated rings. The lowest BCUT2D eigenvalue weighted by atomic mass is 10.2. The van der Waals surface area contributed by atoms with Crippen molar-refractivity contribution in [1.82, 2.24) is 9.66 Å². The Hall–Kier alpha value is -1.71. The zero-order chi connectivity index (χ0) is 22.7. The number of benzene rings is 2. The van der Waals surface area contributed by atoms with Crippen molar-refractivity contribution in [2.75, 3.05) is 13.2 Å². The molecule has 3 aromatic rings. The third-order valence-corrected chi connectivity index (χ3v) is 7.04. The average molecular weight is 616 g/mol. The van der Waals surface area contributed by atoms with Crippen molar-refractivity contribution in [3.05, 3.63) is 59.4 Å². The first-order valence-corrected chi connectivity index (χ1v) is 12.2. The maximum Gasteiger partial charge on any atom is 0.282 e. The molecule has 0 N–H and O–H groups in total. The Morgan fingerprint density at radius 3 is 2.45 bits per heavy atom. The van der Waals surface area contributed by atoms with Gasteiger partial charge in [0.25, 0.3) is 5.56 Å². The molecule has 0 aliphatic heterocycles. The molecule has 0 amide bonds. The number of nitrogens with zero attached hydrogens (tertiary/aromatic N) is 3. The normalized spacial score (nSPS) is 11.6. The summed E-state index contributed by atoms with van der Waals surface area (Å²) in [5, 5.41) is 5.01. The SMILES string of the molecule is CCOc1cc(C=Nn2c(C(C)C)nc3ccc(Br)cc3c2=O)c(Br)c(Br)c1OCC. The highest BCUT2D eigenvalue weighted by Crippen LogP contribution is 2.42. The van der Waals surface area contributed by atoms with E-state index in [2.05, 4.69) is 57.9 Å². The van der Waals surface area contributed by atoms with Crippen molar-refractivity contribution in [3.63, 3.8) is 0 Å². The highest BCUT2D eigenvalue weighted by atomic mass is 79.9. The van der Waals surface area contributed by atoms with Crippen molar-refractivity contribution in [2.45, 2.75) is 33.6 Å². The molecule has 164 valence electrons. The molecule has 2 aromatic carbocycles. The van der Waals surface area contributed by atoms with Crippen LogP contribution < -0.4 is 15.0 Å². The molecular weight excluding hydrogens is 594 g/mol. The molecule has 9 heteroatoms. The summed E-state index contributed by atoms with van der Waals surface area (Å²) in [7, 11) is 0. The standard InChI is InChI=1S/C22H22Br3N3O3/c1-5-30-17-9-13(18(24)19(25)20(17)31-6-2)11-26-28-21(12(3)4)27-16-8-7-14(23)10-15(16)22(28)29/h7-12H,5-6H2,1-4H3. The Labute approximate surface area is 206 Å². The minimum absolute atomic E-state index is 0.00684. The number of fused-ring (bicyclic) bond motifs is 1. The van der Waals surface area contributed by atoms with E-state index in [0.29, 0.717) is 41.4 Å². The van der Waals surface area contributed by atoms with E-state index in [1.165, 1.54) is 4.68 Å². The second-order valence-corrected chi connectivity index (χ2v) is 9.44. The Kier molecular flexibility index (Phi) is 7.93. The van der Waals surface area contributed by atoms with Gasteiger partial charge < -0.3 is 9.47 Å². The van der Waals surface area contributed by atoms with Gasteiger partial charge in [-0.15, -0.1) is 0 Å². The number of hydrogen-bond donors (Lipinski definition) is 0. The van der Waals surface area contributed by atoms with Crippen LogP contribution in [0.3, 0.4) is 0 Å². The van der Waals surface area contributed by atoms with Gasteiger partial charge in [-0.2, -0.15) is 9.78 Å². The molecule has 1 aromatic heterocycles. The Bertz CT molecular complexity index is 1210. The predicted octanol–water partition coefficient (Wildman–Crippen LogP) is 6.49. The third-order valence-electron chi connectivity index (χ3n) is 4.41. The van der Waals surface area contributed by atoms with Crippen LogP contribution in [0, 0.1) is 0 Å². The monoisotopic (exact) mass is 613 g/mol. The van der Waals surface area contributed by atoms with Gasteiger partial charge in [0.05, 0.1) is 34.8 Å². The minimum atomic E-state index is -0.225. The van der Waals surface area contributed by atoms with Crippen molar-refractivity contribution in [1.29, 1.82) is 0 Å². The molecular formula is C22H22Br3N3O3. The van der Waals surface area contributed by atoms with E-state index >= 15 is 0 Å². The molecule has 0 saturated carbocycles. The predicted molar refractivity (Wildman–Crippen MR) is 135 cm³/mol. The van der Waals surface area contributed by atoms with Crippen LogP contribution in [0.1, 0.15) is 45.0 Å². The topological polar surface area (TPSA) is 65.7 Å². The molecule has 0 spiro atoms. The number of rotatable bonds is 7. The van der Waals surface area contributed by atoms with E-state index in [9.17, 15) is 4.79 Å². The van der Waals surface area contributed by atoms with Gasteiger partial charge in [-0.1, -0.05) is 29.8 Å². The fourth-order valence-corrected chi connectivity index (χ4v) is 4.31. The van der Waals surface area contributed by atoms with Crippen molar-refractivity contribution in [3.8, 4) is 11.5 Å². The lowest BCUT2D eigenvalue weighted by molar-refractivity contribution is 0.286. The number of ether oxygens (including phenoxy) is 2. The summed E-state index contributed by atoms with van der Waals surface area (Å²) in [6.45, 7) is 8.78. The molecule has 6 nitrogen and oxygen atoms in total. The lowest BCUT2D eigenvalue weighted by Crippen LogP contribution is -2.23. The zero-order valence-corrected chi connectivity index (χ0v) is 22.3. The molecule has 0 atom stereocenters. The summed E-state index contributed by atoms with van der Waals surface area (Å²) < 4.78 is 15.1. The van der Waals surface area contributed by atoms with E-state index in [0.717, 1.165) is 19.0 Å². The molecule has 31 heavy (non-hydrogen) atoms. The summed E-state index contributed by atoms with van der Waals surface area (Å²) in [6.07, 6.45) is 1.62. The van der Waals surface area contributed by atoms with Crippen LogP contribution >= 0.6 is 47.8 Å². The minimum Gasteiger partial charge on any atom is -0.490 e. The van der Waals surface area contributed by atoms with Crippen LogP contribution in [0.4, 0.5) is 0 Å². The molecule has 1 heterocycles. The summed E-state index contributed by atoms with van der Waals surface area (Å²) in [5.74, 6) is 1.80. The second kappa shape index (κ2) is 10.3. The second-order valence-electron chi connectivity index (χ2n) is 6.93. The lowest BCUT2D eigenvalue weighted by Gasteiger charge is -2.15. The number of aromatic nitrogens is 2. The Morgan fingerprint density at radius 2 is 1.81 bits per heavy atom. The molecule has 0 bridgehead atoms. The fraction of sp³-hybridized carbons (Fsp3) is 0.318. The molecule has 3 rings (SSSR count). The van der Waals surface area contributed by atoms with Gasteiger partial charge in [-0.25, -0.2) is 4.98 Å². The Morgan fingerprint density at radius 1 is 1.10 bits per heavy atom. The summed E-state index contributed by atoms with van der Waals surface area (Å²) in [4.78, 5) is 17.9. The Balaban J connectivity index is 2.18. The van der Waals surface area contributed by atoms with E-state index < -0.39 is 0 Å². The van der Waals surface area contributed by atoms with Gasteiger partial charge in [0.15, 0.2) is 11.5 Å². The van der Waals surface area contributed by atoms with Gasteiger partial charge >= 0.3 is 0 Å². The van der Waals surface area contributed by atoms with E-state index in [4.69, 9.17) is 9.47 Å². The highest BCUT2D eigenvalue weighted by Gasteiger charge is 2.18. The maximum absolute atomic E-state index is 13.2. The average Bonchev–Trinajstić information content (AvgIpc) is 2.73. The number of halogens is 3. The largest absolute Gasteiger partial charge is 0.490 e. The van der Waals surface area contributed by atoms with E-state index in [-0.39, 0.29) is 11.5 Å². The molecule has 0 radical (unpaired) electrons. The van der Waals surface area contributed by atoms with Gasteiger partial charge in [0, 0.05) is 20.4 Å². The smallest absolute Gasteiger partial charge is 0.282 e. The maximum atomic E-state index is 13.2. The first-order valence-electron chi connectivity index (χ1n) is 9.82. The molecule has 0 aliphatic carbocycles. The van der Waals surface area contributed by atoms with Gasteiger partial charge in [0.1, 0.15) is 5.82 Å². The van der Waals surface area contributed by atoms with Crippen LogP contribution in [0.5, 0.6) is 11.5 Å². The quantitative estimate of drug-likeness (QED) is 0.285. The van der Waals surface area contributed by atoms with Gasteiger partial charge in [-0.05, 0) is 70.0 Å². The summed E-state index contributed by atoms with van der Waals surface area (Å²) in [6, 6.07) is 7.29. The van der Waals surface area contributed by atoms with Crippen molar-refractivity contribution >= 4 is 64.9 Å². The van der Waals surface area contributed by atoms with Gasteiger partial charge in [0.2, 0.25) is 0 Å². The third kappa shape index (κ3) is 5.04. The first kappa shape index (κ1) is 23.9. The number of hydrogen-bond acceptors (Lipinski definition) is 5. The van der Waals surface area contributed by atoms with E-state index in [1.807, 2.05) is 45.9 Å². The van der Waals surface area contributed by atoms with Crippen LogP contribution in [0.25, 0.3) is 10.9 Å².